The zero-order valence-corrected chi connectivity index (χ0v) is 13.6. The first-order valence-corrected chi connectivity index (χ1v) is 7.54. The Morgan fingerprint density at radius 3 is 2.58 bits per heavy atom. The number of nitrogens with one attached hydrogen (secondary N) is 2. The Labute approximate surface area is 139 Å². The number of aliphatic hydroxyl groups is 1. The minimum atomic E-state index is -1.50. The molecule has 4 nitrogen and oxygen atoms in total. The average molecular weight is 334 g/mol. The minimum absolute atomic E-state index is 0.0200. The normalized spacial score (nSPS) is 13.4. The third-order valence-corrected chi connectivity index (χ3v) is 3.62. The molecule has 1 amide bonds. The molecule has 0 aliphatic rings. The number of anilines is 1. The van der Waals surface area contributed by atoms with Gasteiger partial charge in [-0.3, -0.25) is 4.79 Å². The highest BCUT2D eigenvalue weighted by molar-refractivity contribution is 5.89. The van der Waals surface area contributed by atoms with Crippen LogP contribution in [0.2, 0.25) is 0 Å². The topological polar surface area (TPSA) is 61.4 Å². The van der Waals surface area contributed by atoms with Gasteiger partial charge in [0.1, 0.15) is 17.2 Å². The van der Waals surface area contributed by atoms with Crippen molar-refractivity contribution in [3.63, 3.8) is 0 Å². The lowest BCUT2D eigenvalue weighted by Gasteiger charge is -2.25. The molecule has 0 spiro atoms. The van der Waals surface area contributed by atoms with Crippen LogP contribution in [0.25, 0.3) is 0 Å². The van der Waals surface area contributed by atoms with Crippen LogP contribution >= 0.6 is 0 Å². The molecule has 0 aliphatic heterocycles. The first-order valence-electron chi connectivity index (χ1n) is 7.54. The van der Waals surface area contributed by atoms with E-state index in [2.05, 4.69) is 10.6 Å². The molecule has 2 aromatic carbocycles. The van der Waals surface area contributed by atoms with Crippen molar-refractivity contribution in [2.45, 2.75) is 26.0 Å². The summed E-state index contributed by atoms with van der Waals surface area (Å²) in [7, 11) is 0. The average Bonchev–Trinajstić information content (AvgIpc) is 2.48. The Hall–Kier alpha value is -2.31. The lowest BCUT2D eigenvalue weighted by molar-refractivity contribution is -0.114. The highest BCUT2D eigenvalue weighted by Crippen LogP contribution is 2.24. The quantitative estimate of drug-likeness (QED) is 0.761. The molecular formula is C18H20F2N2O2. The van der Waals surface area contributed by atoms with Gasteiger partial charge in [0.25, 0.3) is 0 Å². The number of rotatable bonds is 6. The summed E-state index contributed by atoms with van der Waals surface area (Å²) in [6, 6.07) is 10.3. The second-order valence-corrected chi connectivity index (χ2v) is 5.84. The lowest BCUT2D eigenvalue weighted by atomic mass is 9.95. The molecule has 24 heavy (non-hydrogen) atoms. The molecular weight excluding hydrogens is 314 g/mol. The van der Waals surface area contributed by atoms with Crippen LogP contribution in [0, 0.1) is 11.6 Å². The SMILES string of the molecule is CC(=O)Nc1ccccc1CNCC(C)(O)c1ccc(F)cc1F. The highest BCUT2D eigenvalue weighted by Gasteiger charge is 2.26. The molecule has 0 bridgehead atoms. The maximum atomic E-state index is 13.8. The molecule has 0 aliphatic carbocycles. The van der Waals surface area contributed by atoms with Crippen molar-refractivity contribution in [2.24, 2.45) is 0 Å². The molecule has 0 heterocycles. The molecule has 0 saturated carbocycles. The van der Waals surface area contributed by atoms with E-state index in [1.807, 2.05) is 12.1 Å². The summed E-state index contributed by atoms with van der Waals surface area (Å²) >= 11 is 0. The van der Waals surface area contributed by atoms with Gasteiger partial charge in [-0.05, 0) is 24.6 Å². The van der Waals surface area contributed by atoms with Crippen molar-refractivity contribution < 1.29 is 18.7 Å². The molecule has 2 aromatic rings. The molecule has 0 radical (unpaired) electrons. The second kappa shape index (κ2) is 7.51. The van der Waals surface area contributed by atoms with Gasteiger partial charge in [0, 0.05) is 37.3 Å². The molecule has 0 aromatic heterocycles. The van der Waals surface area contributed by atoms with Crippen molar-refractivity contribution in [2.75, 3.05) is 11.9 Å². The number of hydrogen-bond donors (Lipinski definition) is 3. The van der Waals surface area contributed by atoms with Crippen LogP contribution in [0.5, 0.6) is 0 Å². The molecule has 1 unspecified atom stereocenters. The second-order valence-electron chi connectivity index (χ2n) is 5.84. The first-order chi connectivity index (χ1) is 11.3. The summed E-state index contributed by atoms with van der Waals surface area (Å²) in [4.78, 5) is 11.2. The van der Waals surface area contributed by atoms with Gasteiger partial charge in [-0.15, -0.1) is 0 Å². The predicted octanol–water partition coefficient (Wildman–Crippen LogP) is 2.92. The summed E-state index contributed by atoms with van der Waals surface area (Å²) in [6.45, 7) is 3.31. The van der Waals surface area contributed by atoms with Gasteiger partial charge in [0.15, 0.2) is 0 Å². The van der Waals surface area contributed by atoms with Gasteiger partial charge in [0.2, 0.25) is 5.91 Å². The van der Waals surface area contributed by atoms with Crippen molar-refractivity contribution >= 4 is 11.6 Å². The van der Waals surface area contributed by atoms with E-state index in [0.717, 1.165) is 17.7 Å². The van der Waals surface area contributed by atoms with Crippen LogP contribution in [0.3, 0.4) is 0 Å². The molecule has 1 atom stereocenters. The van der Waals surface area contributed by atoms with E-state index in [4.69, 9.17) is 0 Å². The van der Waals surface area contributed by atoms with Gasteiger partial charge in [-0.2, -0.15) is 0 Å². The number of hydrogen-bond acceptors (Lipinski definition) is 3. The fraction of sp³-hybridized carbons (Fsp3) is 0.278. The summed E-state index contributed by atoms with van der Waals surface area (Å²) in [5.74, 6) is -1.66. The Morgan fingerprint density at radius 1 is 1.21 bits per heavy atom. The minimum Gasteiger partial charge on any atom is -0.384 e. The first kappa shape index (κ1) is 18.0. The van der Waals surface area contributed by atoms with E-state index in [-0.39, 0.29) is 18.0 Å². The molecule has 0 fully saturated rings. The standard InChI is InChI=1S/C18H20F2N2O2/c1-12(23)22-17-6-4-3-5-13(17)10-21-11-18(2,24)15-8-7-14(19)9-16(15)20/h3-9,21,24H,10-11H2,1-2H3,(H,22,23). The zero-order valence-electron chi connectivity index (χ0n) is 13.6. The van der Waals surface area contributed by atoms with E-state index < -0.39 is 17.2 Å². The summed E-state index contributed by atoms with van der Waals surface area (Å²) in [5, 5.41) is 16.2. The van der Waals surface area contributed by atoms with Crippen LogP contribution in [0.15, 0.2) is 42.5 Å². The van der Waals surface area contributed by atoms with Gasteiger partial charge in [0.05, 0.1) is 0 Å². The summed E-state index contributed by atoms with van der Waals surface area (Å²) in [6.07, 6.45) is 0. The maximum Gasteiger partial charge on any atom is 0.221 e. The van der Waals surface area contributed by atoms with E-state index in [9.17, 15) is 18.7 Å². The van der Waals surface area contributed by atoms with Crippen LogP contribution in [0.4, 0.5) is 14.5 Å². The van der Waals surface area contributed by atoms with E-state index >= 15 is 0 Å². The van der Waals surface area contributed by atoms with Crippen molar-refractivity contribution in [1.82, 2.24) is 5.32 Å². The van der Waals surface area contributed by atoms with E-state index in [0.29, 0.717) is 12.2 Å². The third kappa shape index (κ3) is 4.59. The number of para-hydroxylation sites is 1. The third-order valence-electron chi connectivity index (χ3n) is 3.62. The summed E-state index contributed by atoms with van der Waals surface area (Å²) < 4.78 is 26.8. The van der Waals surface area contributed by atoms with Gasteiger partial charge < -0.3 is 15.7 Å². The maximum absolute atomic E-state index is 13.8. The van der Waals surface area contributed by atoms with Crippen molar-refractivity contribution in [3.8, 4) is 0 Å². The fourth-order valence-corrected chi connectivity index (χ4v) is 2.45. The Balaban J connectivity index is 2.04. The summed E-state index contributed by atoms with van der Waals surface area (Å²) in [5.41, 5.74) is 0.0283. The molecule has 128 valence electrons. The van der Waals surface area contributed by atoms with E-state index in [1.165, 1.54) is 19.9 Å². The smallest absolute Gasteiger partial charge is 0.221 e. The van der Waals surface area contributed by atoms with Crippen LogP contribution in [-0.2, 0) is 16.9 Å². The largest absolute Gasteiger partial charge is 0.384 e. The number of halogens is 2. The number of carbonyl (C=O) groups is 1. The van der Waals surface area contributed by atoms with Gasteiger partial charge >= 0.3 is 0 Å². The van der Waals surface area contributed by atoms with Gasteiger partial charge in [-0.1, -0.05) is 24.3 Å². The Morgan fingerprint density at radius 2 is 1.92 bits per heavy atom. The van der Waals surface area contributed by atoms with Crippen LogP contribution in [-0.4, -0.2) is 17.6 Å². The molecule has 3 N–H and O–H groups in total. The van der Waals surface area contributed by atoms with Crippen molar-refractivity contribution in [3.05, 3.63) is 65.2 Å². The Bertz CT molecular complexity index is 733. The van der Waals surface area contributed by atoms with E-state index in [1.54, 1.807) is 12.1 Å². The monoisotopic (exact) mass is 334 g/mol. The Kier molecular flexibility index (Phi) is 5.64. The molecule has 6 heteroatoms. The number of amides is 1. The van der Waals surface area contributed by atoms with Crippen LogP contribution < -0.4 is 10.6 Å². The molecule has 2 rings (SSSR count). The molecule has 0 saturated heterocycles. The van der Waals surface area contributed by atoms with Crippen molar-refractivity contribution in [1.29, 1.82) is 0 Å². The number of benzene rings is 2. The highest BCUT2D eigenvalue weighted by atomic mass is 19.1. The van der Waals surface area contributed by atoms with Crippen LogP contribution in [0.1, 0.15) is 25.0 Å². The van der Waals surface area contributed by atoms with Gasteiger partial charge in [-0.25, -0.2) is 8.78 Å². The fourth-order valence-electron chi connectivity index (χ4n) is 2.45. The zero-order chi connectivity index (χ0) is 17.7. The predicted molar refractivity (Wildman–Crippen MR) is 88.4 cm³/mol. The lowest BCUT2D eigenvalue weighted by Crippen LogP contribution is -2.36. The number of carbonyl (C=O) groups excluding carboxylic acids is 1.